The first-order valence-corrected chi connectivity index (χ1v) is 9.15. The van der Waals surface area contributed by atoms with Gasteiger partial charge in [-0.1, -0.05) is 28.9 Å². The molecule has 0 aliphatic heterocycles. The first-order chi connectivity index (χ1) is 14.0. The number of carbonyl (C=O) groups is 1. The molecule has 1 aromatic heterocycles. The van der Waals surface area contributed by atoms with Gasteiger partial charge >= 0.3 is 0 Å². The second-order valence-electron chi connectivity index (χ2n) is 6.20. The monoisotopic (exact) mass is 416 g/mol. The van der Waals surface area contributed by atoms with Gasteiger partial charge in [-0.25, -0.2) is 0 Å². The van der Waals surface area contributed by atoms with Crippen molar-refractivity contribution in [1.29, 1.82) is 0 Å². The van der Waals surface area contributed by atoms with Gasteiger partial charge in [0, 0.05) is 17.1 Å². The molecule has 0 atom stereocenters. The predicted molar refractivity (Wildman–Crippen MR) is 109 cm³/mol. The normalized spacial score (nSPS) is 10.5. The van der Waals surface area contributed by atoms with Crippen molar-refractivity contribution in [1.82, 2.24) is 10.5 Å². The van der Waals surface area contributed by atoms with Crippen LogP contribution in [0.15, 0.2) is 40.9 Å². The fraction of sp³-hybridized carbons (Fsp3) is 0.238. The van der Waals surface area contributed by atoms with Crippen LogP contribution in [0.1, 0.15) is 21.6 Å². The van der Waals surface area contributed by atoms with E-state index in [9.17, 15) is 4.79 Å². The van der Waals surface area contributed by atoms with Gasteiger partial charge in [-0.2, -0.15) is 0 Å². The molecule has 152 valence electrons. The summed E-state index contributed by atoms with van der Waals surface area (Å²) in [4.78, 5) is 12.9. The summed E-state index contributed by atoms with van der Waals surface area (Å²) in [6.45, 7) is 2.03. The highest BCUT2D eigenvalue weighted by atomic mass is 35.5. The van der Waals surface area contributed by atoms with Crippen LogP contribution in [-0.2, 0) is 6.54 Å². The molecule has 0 aliphatic carbocycles. The molecule has 3 aromatic rings. The average Bonchev–Trinajstić information content (AvgIpc) is 3.12. The van der Waals surface area contributed by atoms with E-state index in [1.165, 1.54) is 21.3 Å². The quantitative estimate of drug-likeness (QED) is 0.619. The Morgan fingerprint density at radius 3 is 2.38 bits per heavy atom. The van der Waals surface area contributed by atoms with Gasteiger partial charge in [0.2, 0.25) is 5.75 Å². The van der Waals surface area contributed by atoms with Crippen molar-refractivity contribution in [2.75, 3.05) is 21.3 Å². The van der Waals surface area contributed by atoms with Crippen LogP contribution in [0.4, 0.5) is 0 Å². The summed E-state index contributed by atoms with van der Waals surface area (Å²) in [7, 11) is 4.56. The highest BCUT2D eigenvalue weighted by Crippen LogP contribution is 2.42. The first kappa shape index (κ1) is 20.5. The van der Waals surface area contributed by atoms with Crippen LogP contribution in [-0.4, -0.2) is 32.4 Å². The highest BCUT2D eigenvalue weighted by Gasteiger charge is 2.24. The molecule has 1 amide bonds. The van der Waals surface area contributed by atoms with Crippen molar-refractivity contribution in [3.63, 3.8) is 0 Å². The van der Waals surface area contributed by atoms with Gasteiger partial charge in [0.1, 0.15) is 5.56 Å². The number of nitrogens with one attached hydrogen (secondary N) is 1. The van der Waals surface area contributed by atoms with Crippen molar-refractivity contribution in [2.24, 2.45) is 0 Å². The van der Waals surface area contributed by atoms with Crippen LogP contribution >= 0.6 is 11.6 Å². The van der Waals surface area contributed by atoms with E-state index in [1.807, 2.05) is 12.1 Å². The number of aromatic nitrogens is 1. The summed E-state index contributed by atoms with van der Waals surface area (Å²) in [6.07, 6.45) is 0. The van der Waals surface area contributed by atoms with E-state index in [1.54, 1.807) is 31.2 Å². The molecule has 0 radical (unpaired) electrons. The highest BCUT2D eigenvalue weighted by molar-refractivity contribution is 6.30. The minimum atomic E-state index is -0.313. The third-order valence-corrected chi connectivity index (χ3v) is 4.59. The first-order valence-electron chi connectivity index (χ1n) is 8.77. The predicted octanol–water partition coefficient (Wildman–Crippen LogP) is 4.26. The molecule has 1 N–H and O–H groups in total. The maximum Gasteiger partial charge on any atom is 0.257 e. The smallest absolute Gasteiger partial charge is 0.257 e. The number of rotatable bonds is 7. The molecule has 7 nitrogen and oxygen atoms in total. The van der Waals surface area contributed by atoms with E-state index >= 15 is 0 Å². The molecule has 2 aromatic carbocycles. The van der Waals surface area contributed by atoms with E-state index in [2.05, 4.69) is 10.5 Å². The fourth-order valence-electron chi connectivity index (χ4n) is 2.96. The summed E-state index contributed by atoms with van der Waals surface area (Å²) >= 11 is 6.00. The Morgan fingerprint density at radius 1 is 1.10 bits per heavy atom. The van der Waals surface area contributed by atoms with Crippen molar-refractivity contribution in [2.45, 2.75) is 13.5 Å². The molecule has 0 unspecified atom stereocenters. The Kier molecular flexibility index (Phi) is 6.29. The maximum atomic E-state index is 12.9. The number of hydrogen-bond donors (Lipinski definition) is 1. The van der Waals surface area contributed by atoms with Gasteiger partial charge in [0.05, 0.1) is 27.0 Å². The Morgan fingerprint density at radius 2 is 1.79 bits per heavy atom. The minimum absolute atomic E-state index is 0.311. The Labute approximate surface area is 173 Å². The Balaban J connectivity index is 1.94. The van der Waals surface area contributed by atoms with Crippen LogP contribution in [0, 0.1) is 6.92 Å². The SMILES string of the molecule is COc1cc(-c2onc(C)c2C(=O)NCc2cccc(Cl)c2)cc(OC)c1OC. The van der Waals surface area contributed by atoms with Gasteiger partial charge in [0.15, 0.2) is 17.3 Å². The van der Waals surface area contributed by atoms with Gasteiger partial charge in [-0.15, -0.1) is 0 Å². The standard InChI is InChI=1S/C21H21ClN2O5/c1-12-18(21(25)23-11-13-6-5-7-15(22)8-13)19(29-24-12)14-9-16(26-2)20(28-4)17(10-14)27-3/h5-10H,11H2,1-4H3,(H,23,25). The zero-order chi connectivity index (χ0) is 21.0. The lowest BCUT2D eigenvalue weighted by molar-refractivity contribution is 0.0950. The largest absolute Gasteiger partial charge is 0.493 e. The Hall–Kier alpha value is -3.19. The third kappa shape index (κ3) is 4.30. The van der Waals surface area contributed by atoms with E-state index < -0.39 is 0 Å². The Bertz CT molecular complexity index is 1010. The van der Waals surface area contributed by atoms with Gasteiger partial charge in [0.25, 0.3) is 5.91 Å². The van der Waals surface area contributed by atoms with E-state index in [0.29, 0.717) is 51.4 Å². The number of amides is 1. The number of hydrogen-bond acceptors (Lipinski definition) is 6. The van der Waals surface area contributed by atoms with Crippen LogP contribution in [0.25, 0.3) is 11.3 Å². The average molecular weight is 417 g/mol. The number of halogens is 1. The number of nitrogens with zero attached hydrogens (tertiary/aromatic N) is 1. The lowest BCUT2D eigenvalue weighted by atomic mass is 10.0. The molecule has 0 saturated carbocycles. The molecule has 8 heteroatoms. The number of carbonyl (C=O) groups excluding carboxylic acids is 1. The van der Waals surface area contributed by atoms with E-state index in [4.69, 9.17) is 30.3 Å². The van der Waals surface area contributed by atoms with Crippen molar-refractivity contribution in [3.8, 4) is 28.6 Å². The van der Waals surface area contributed by atoms with Crippen LogP contribution in [0.2, 0.25) is 5.02 Å². The number of methoxy groups -OCH3 is 3. The number of benzene rings is 2. The molecule has 29 heavy (non-hydrogen) atoms. The topological polar surface area (TPSA) is 82.8 Å². The second-order valence-corrected chi connectivity index (χ2v) is 6.64. The molecule has 0 bridgehead atoms. The summed E-state index contributed by atoms with van der Waals surface area (Å²) in [5, 5.41) is 7.45. The van der Waals surface area contributed by atoms with Gasteiger partial charge in [-0.3, -0.25) is 4.79 Å². The van der Waals surface area contributed by atoms with Crippen molar-refractivity contribution >= 4 is 17.5 Å². The summed E-state index contributed by atoms with van der Waals surface area (Å²) < 4.78 is 21.6. The van der Waals surface area contributed by atoms with E-state index in [-0.39, 0.29) is 5.91 Å². The molecular formula is C21H21ClN2O5. The minimum Gasteiger partial charge on any atom is -0.493 e. The summed E-state index contributed by atoms with van der Waals surface area (Å²) in [6, 6.07) is 10.7. The molecule has 0 spiro atoms. The summed E-state index contributed by atoms with van der Waals surface area (Å²) in [5.74, 6) is 1.34. The fourth-order valence-corrected chi connectivity index (χ4v) is 3.18. The molecule has 0 saturated heterocycles. The van der Waals surface area contributed by atoms with Crippen LogP contribution in [0.3, 0.4) is 0 Å². The third-order valence-electron chi connectivity index (χ3n) is 4.36. The van der Waals surface area contributed by atoms with Gasteiger partial charge < -0.3 is 24.1 Å². The van der Waals surface area contributed by atoms with E-state index in [0.717, 1.165) is 5.56 Å². The molecule has 1 heterocycles. The zero-order valence-electron chi connectivity index (χ0n) is 16.5. The lowest BCUT2D eigenvalue weighted by Crippen LogP contribution is -2.23. The van der Waals surface area contributed by atoms with Crippen molar-refractivity contribution in [3.05, 3.63) is 58.2 Å². The zero-order valence-corrected chi connectivity index (χ0v) is 17.3. The van der Waals surface area contributed by atoms with Crippen molar-refractivity contribution < 1.29 is 23.5 Å². The lowest BCUT2D eigenvalue weighted by Gasteiger charge is -2.13. The number of aryl methyl sites for hydroxylation is 1. The second kappa shape index (κ2) is 8.87. The maximum absolute atomic E-state index is 12.9. The summed E-state index contributed by atoms with van der Waals surface area (Å²) in [5.41, 5.74) is 2.26. The van der Waals surface area contributed by atoms with Gasteiger partial charge in [-0.05, 0) is 36.8 Å². The van der Waals surface area contributed by atoms with Crippen LogP contribution in [0.5, 0.6) is 17.2 Å². The molecule has 0 aliphatic rings. The molecule has 3 rings (SSSR count). The van der Waals surface area contributed by atoms with Crippen LogP contribution < -0.4 is 19.5 Å². The molecule has 0 fully saturated rings. The molecular weight excluding hydrogens is 396 g/mol. The number of ether oxygens (including phenoxy) is 3.